The Hall–Kier alpha value is -7.62. The lowest BCUT2D eigenvalue weighted by atomic mass is 9.94. The van der Waals surface area contributed by atoms with Gasteiger partial charge in [0.15, 0.2) is 23.3 Å². The molecular weight excluding hydrogens is 661 g/mol. The van der Waals surface area contributed by atoms with E-state index in [2.05, 4.69) is 60.7 Å². The van der Waals surface area contributed by atoms with Crippen LogP contribution >= 0.6 is 0 Å². The van der Waals surface area contributed by atoms with E-state index in [4.69, 9.17) is 24.9 Å². The van der Waals surface area contributed by atoms with E-state index in [0.717, 1.165) is 66.7 Å². The van der Waals surface area contributed by atoms with Crippen LogP contribution in [0.3, 0.4) is 0 Å². The SMILES string of the molecule is N#Cc1ccccc1-c1cccc(-c2nc(-c3ccccc3)nc(-c3ccc(-c4ccccc4-c4nc(-c5ccccc5)nc5ccccc45)cc3)n2)c1. The number of benzene rings is 7. The molecule has 0 atom stereocenters. The average molecular weight is 691 g/mol. The van der Waals surface area contributed by atoms with Crippen molar-refractivity contribution in [1.82, 2.24) is 24.9 Å². The Balaban J connectivity index is 1.13. The summed E-state index contributed by atoms with van der Waals surface area (Å²) in [4.78, 5) is 25.0. The van der Waals surface area contributed by atoms with Crippen LogP contribution in [0.2, 0.25) is 0 Å². The van der Waals surface area contributed by atoms with Gasteiger partial charge in [-0.05, 0) is 40.5 Å². The Labute approximate surface area is 312 Å². The zero-order chi connectivity index (χ0) is 36.3. The summed E-state index contributed by atoms with van der Waals surface area (Å²) >= 11 is 0. The summed E-state index contributed by atoms with van der Waals surface area (Å²) in [7, 11) is 0. The Morgan fingerprint density at radius 3 is 1.50 bits per heavy atom. The number of aromatic nitrogens is 5. The molecule has 6 nitrogen and oxygen atoms in total. The maximum atomic E-state index is 9.76. The molecule has 0 spiro atoms. The topological polar surface area (TPSA) is 88.2 Å². The molecule has 6 heteroatoms. The lowest BCUT2D eigenvalue weighted by molar-refractivity contribution is 1.07. The first-order valence-corrected chi connectivity index (χ1v) is 17.7. The highest BCUT2D eigenvalue weighted by Crippen LogP contribution is 2.37. The molecule has 0 radical (unpaired) electrons. The van der Waals surface area contributed by atoms with Crippen LogP contribution in [0.25, 0.3) is 90.0 Å². The number of fused-ring (bicyclic) bond motifs is 1. The molecule has 252 valence electrons. The third kappa shape index (κ3) is 6.27. The van der Waals surface area contributed by atoms with E-state index >= 15 is 0 Å². The minimum Gasteiger partial charge on any atom is -0.228 e. The summed E-state index contributed by atoms with van der Waals surface area (Å²) in [5.41, 5.74) is 10.9. The maximum Gasteiger partial charge on any atom is 0.164 e. The Morgan fingerprint density at radius 1 is 0.333 bits per heavy atom. The number of para-hydroxylation sites is 1. The smallest absolute Gasteiger partial charge is 0.164 e. The van der Waals surface area contributed by atoms with Crippen molar-refractivity contribution < 1.29 is 0 Å². The highest BCUT2D eigenvalue weighted by Gasteiger charge is 2.17. The fourth-order valence-electron chi connectivity index (χ4n) is 6.75. The molecule has 0 unspecified atom stereocenters. The summed E-state index contributed by atoms with van der Waals surface area (Å²) in [6.45, 7) is 0. The van der Waals surface area contributed by atoms with Crippen molar-refractivity contribution in [3.63, 3.8) is 0 Å². The van der Waals surface area contributed by atoms with E-state index in [0.29, 0.717) is 28.9 Å². The van der Waals surface area contributed by atoms with E-state index in [1.807, 2.05) is 127 Å². The molecule has 7 aromatic carbocycles. The summed E-state index contributed by atoms with van der Waals surface area (Å²) in [6, 6.07) is 62.8. The van der Waals surface area contributed by atoms with E-state index in [1.54, 1.807) is 0 Å². The molecule has 0 saturated carbocycles. The second kappa shape index (κ2) is 14.2. The number of hydrogen-bond acceptors (Lipinski definition) is 6. The molecule has 0 aliphatic carbocycles. The fraction of sp³-hybridized carbons (Fsp3) is 0. The van der Waals surface area contributed by atoms with Crippen LogP contribution < -0.4 is 0 Å². The van der Waals surface area contributed by atoms with Gasteiger partial charge in [0.2, 0.25) is 0 Å². The van der Waals surface area contributed by atoms with Gasteiger partial charge < -0.3 is 0 Å². The molecule has 2 heterocycles. The lowest BCUT2D eigenvalue weighted by Gasteiger charge is -2.14. The number of rotatable bonds is 7. The maximum absolute atomic E-state index is 9.76. The van der Waals surface area contributed by atoms with Gasteiger partial charge >= 0.3 is 0 Å². The van der Waals surface area contributed by atoms with Crippen LogP contribution in [-0.2, 0) is 0 Å². The molecule has 0 amide bonds. The third-order valence-corrected chi connectivity index (χ3v) is 9.42. The zero-order valence-corrected chi connectivity index (χ0v) is 29.0. The molecule has 0 fully saturated rings. The third-order valence-electron chi connectivity index (χ3n) is 9.42. The van der Waals surface area contributed by atoms with Crippen molar-refractivity contribution in [3.05, 3.63) is 188 Å². The van der Waals surface area contributed by atoms with Crippen molar-refractivity contribution in [2.75, 3.05) is 0 Å². The molecule has 2 aromatic heterocycles. The van der Waals surface area contributed by atoms with Crippen LogP contribution in [-0.4, -0.2) is 24.9 Å². The van der Waals surface area contributed by atoms with Crippen LogP contribution in [0.4, 0.5) is 0 Å². The van der Waals surface area contributed by atoms with E-state index in [-0.39, 0.29) is 0 Å². The van der Waals surface area contributed by atoms with Crippen molar-refractivity contribution in [2.24, 2.45) is 0 Å². The molecular formula is C48H30N6. The van der Waals surface area contributed by atoms with Crippen molar-refractivity contribution in [2.45, 2.75) is 0 Å². The van der Waals surface area contributed by atoms with E-state index in [1.165, 1.54) is 0 Å². The highest BCUT2D eigenvalue weighted by molar-refractivity contribution is 5.98. The summed E-state index contributed by atoms with van der Waals surface area (Å²) < 4.78 is 0. The first kappa shape index (κ1) is 32.3. The number of nitriles is 1. The fourth-order valence-corrected chi connectivity index (χ4v) is 6.75. The van der Waals surface area contributed by atoms with Crippen molar-refractivity contribution >= 4 is 10.9 Å². The summed E-state index contributed by atoms with van der Waals surface area (Å²) in [5, 5.41) is 10.8. The second-order valence-corrected chi connectivity index (χ2v) is 12.8. The number of nitrogens with zero attached hydrogens (tertiary/aromatic N) is 6. The van der Waals surface area contributed by atoms with E-state index < -0.39 is 0 Å². The largest absolute Gasteiger partial charge is 0.228 e. The lowest BCUT2D eigenvalue weighted by Crippen LogP contribution is -2.00. The van der Waals surface area contributed by atoms with Crippen molar-refractivity contribution in [1.29, 1.82) is 5.26 Å². The summed E-state index contributed by atoms with van der Waals surface area (Å²) in [5.74, 6) is 2.39. The van der Waals surface area contributed by atoms with Gasteiger partial charge in [-0.15, -0.1) is 0 Å². The highest BCUT2D eigenvalue weighted by atomic mass is 15.0. The minimum absolute atomic E-state index is 0.550. The normalized spacial score (nSPS) is 10.9. The molecule has 0 saturated heterocycles. The van der Waals surface area contributed by atoms with Crippen LogP contribution in [0.1, 0.15) is 5.56 Å². The molecule has 0 aliphatic heterocycles. The zero-order valence-electron chi connectivity index (χ0n) is 29.0. The predicted molar refractivity (Wildman–Crippen MR) is 216 cm³/mol. The average Bonchev–Trinajstić information content (AvgIpc) is 3.26. The molecule has 0 bridgehead atoms. The van der Waals surface area contributed by atoms with Crippen molar-refractivity contribution in [3.8, 4) is 85.1 Å². The number of hydrogen-bond donors (Lipinski definition) is 0. The van der Waals surface area contributed by atoms with Crippen LogP contribution in [0.15, 0.2) is 182 Å². The standard InChI is InChI=1S/C48H30N6/c49-31-38-18-7-8-21-39(38)36-19-13-20-37(30-36)48-53-46(34-16-5-2-6-17-34)52-47(54-48)35-28-26-32(27-29-35)40-22-9-10-23-41(40)44-42-24-11-12-25-43(42)50-45(51-44)33-14-3-1-4-15-33/h1-30H. The first-order valence-electron chi connectivity index (χ1n) is 17.7. The minimum atomic E-state index is 0.550. The Kier molecular flexibility index (Phi) is 8.48. The van der Waals surface area contributed by atoms with Gasteiger partial charge in [-0.2, -0.15) is 5.26 Å². The quantitative estimate of drug-likeness (QED) is 0.165. The van der Waals surface area contributed by atoms with E-state index in [9.17, 15) is 5.26 Å². The van der Waals surface area contributed by atoms with Gasteiger partial charge in [-0.3, -0.25) is 0 Å². The Bertz CT molecular complexity index is 2830. The van der Waals surface area contributed by atoms with Gasteiger partial charge in [0, 0.05) is 33.2 Å². The van der Waals surface area contributed by atoms with Gasteiger partial charge in [-0.25, -0.2) is 24.9 Å². The van der Waals surface area contributed by atoms with Gasteiger partial charge in [0.05, 0.1) is 22.8 Å². The molecule has 54 heavy (non-hydrogen) atoms. The van der Waals surface area contributed by atoms with Crippen LogP contribution in [0.5, 0.6) is 0 Å². The summed E-state index contributed by atoms with van der Waals surface area (Å²) in [6.07, 6.45) is 0. The van der Waals surface area contributed by atoms with Crippen LogP contribution in [0, 0.1) is 11.3 Å². The van der Waals surface area contributed by atoms with Gasteiger partial charge in [-0.1, -0.05) is 164 Å². The molecule has 9 aromatic rings. The Morgan fingerprint density at radius 2 is 0.815 bits per heavy atom. The van der Waals surface area contributed by atoms with Gasteiger partial charge in [0.1, 0.15) is 0 Å². The molecule has 0 N–H and O–H groups in total. The first-order chi connectivity index (χ1) is 26.7. The monoisotopic (exact) mass is 690 g/mol. The predicted octanol–water partition coefficient (Wildman–Crippen LogP) is 11.4. The molecule has 0 aliphatic rings. The molecule has 9 rings (SSSR count). The second-order valence-electron chi connectivity index (χ2n) is 12.8. The van der Waals surface area contributed by atoms with Gasteiger partial charge in [0.25, 0.3) is 0 Å².